The van der Waals surface area contributed by atoms with E-state index in [9.17, 15) is 4.39 Å². The Morgan fingerprint density at radius 2 is 2.12 bits per heavy atom. The van der Waals surface area contributed by atoms with Gasteiger partial charge in [0.15, 0.2) is 0 Å². The first-order valence-corrected chi connectivity index (χ1v) is 6.91. The Morgan fingerprint density at radius 1 is 1.38 bits per heavy atom. The second kappa shape index (κ2) is 5.69. The number of hydrogen-bond acceptors (Lipinski definition) is 2. The molecule has 0 saturated heterocycles. The normalized spacial score (nSPS) is 15.7. The van der Waals surface area contributed by atoms with Gasteiger partial charge >= 0.3 is 0 Å². The Hall–Kier alpha value is -0.540. The molecule has 1 nitrogen and oxygen atoms in total. The lowest BCUT2D eigenvalue weighted by molar-refractivity contribution is 0.296. The minimum Gasteiger partial charge on any atom is -0.300 e. The first-order valence-electron chi connectivity index (χ1n) is 5.92. The zero-order valence-corrected chi connectivity index (χ0v) is 10.5. The highest BCUT2D eigenvalue weighted by Crippen LogP contribution is 2.27. The molecule has 1 fully saturated rings. The van der Waals surface area contributed by atoms with Gasteiger partial charge in [0.25, 0.3) is 0 Å². The summed E-state index contributed by atoms with van der Waals surface area (Å²) in [5.74, 6) is 0.882. The molecule has 88 valence electrons. The molecule has 0 aliphatic heterocycles. The molecule has 0 atom stereocenters. The van der Waals surface area contributed by atoms with E-state index < -0.39 is 0 Å². The number of hydrogen-bond donors (Lipinski definition) is 0. The fourth-order valence-corrected chi connectivity index (χ4v) is 2.80. The van der Waals surface area contributed by atoms with Crippen LogP contribution in [-0.4, -0.2) is 29.8 Å². The van der Waals surface area contributed by atoms with E-state index in [0.717, 1.165) is 29.8 Å². The van der Waals surface area contributed by atoms with Gasteiger partial charge in [-0.3, -0.25) is 4.90 Å². The van der Waals surface area contributed by atoms with Crippen molar-refractivity contribution in [3.63, 3.8) is 0 Å². The summed E-state index contributed by atoms with van der Waals surface area (Å²) in [6, 6.07) is 7.83. The molecule has 3 heteroatoms. The Balaban J connectivity index is 1.77. The van der Waals surface area contributed by atoms with Crippen molar-refractivity contribution in [1.82, 2.24) is 4.90 Å². The van der Waals surface area contributed by atoms with Gasteiger partial charge in [-0.1, -0.05) is 19.1 Å². The molecule has 1 aliphatic rings. The second-order valence-electron chi connectivity index (χ2n) is 4.14. The Labute approximate surface area is 101 Å². The van der Waals surface area contributed by atoms with Gasteiger partial charge in [0, 0.05) is 23.2 Å². The van der Waals surface area contributed by atoms with Crippen LogP contribution >= 0.6 is 11.8 Å². The van der Waals surface area contributed by atoms with E-state index in [2.05, 4.69) is 11.8 Å². The Bertz CT molecular complexity index is 338. The molecule has 2 rings (SSSR count). The molecule has 0 N–H and O–H groups in total. The molecule has 0 bridgehead atoms. The molecule has 0 radical (unpaired) electrons. The first kappa shape index (κ1) is 11.9. The van der Waals surface area contributed by atoms with E-state index in [1.165, 1.54) is 18.9 Å². The molecule has 1 saturated carbocycles. The molecule has 1 aromatic rings. The molecule has 1 aromatic carbocycles. The van der Waals surface area contributed by atoms with Crippen LogP contribution in [0.15, 0.2) is 29.2 Å². The predicted molar refractivity (Wildman–Crippen MR) is 67.4 cm³/mol. The van der Waals surface area contributed by atoms with Gasteiger partial charge in [-0.2, -0.15) is 0 Å². The molecule has 0 unspecified atom stereocenters. The van der Waals surface area contributed by atoms with Gasteiger partial charge in [-0.05, 0) is 31.5 Å². The van der Waals surface area contributed by atoms with Crippen molar-refractivity contribution in [2.24, 2.45) is 0 Å². The average Bonchev–Trinajstić information content (AvgIpc) is 3.11. The number of thioether (sulfide) groups is 1. The zero-order chi connectivity index (χ0) is 11.4. The summed E-state index contributed by atoms with van der Waals surface area (Å²) in [6.45, 7) is 4.38. The van der Waals surface area contributed by atoms with E-state index in [0.29, 0.717) is 0 Å². The summed E-state index contributed by atoms with van der Waals surface area (Å²) in [7, 11) is 0. The van der Waals surface area contributed by atoms with E-state index >= 15 is 0 Å². The van der Waals surface area contributed by atoms with Crippen molar-refractivity contribution in [2.75, 3.05) is 18.8 Å². The number of nitrogens with zero attached hydrogens (tertiary/aromatic N) is 1. The number of halogens is 1. The zero-order valence-electron chi connectivity index (χ0n) is 9.66. The highest BCUT2D eigenvalue weighted by molar-refractivity contribution is 7.99. The molecule has 16 heavy (non-hydrogen) atoms. The molecular weight excluding hydrogens is 221 g/mol. The van der Waals surface area contributed by atoms with Crippen LogP contribution in [0.5, 0.6) is 0 Å². The van der Waals surface area contributed by atoms with Crippen molar-refractivity contribution in [3.8, 4) is 0 Å². The maximum Gasteiger partial charge on any atom is 0.136 e. The van der Waals surface area contributed by atoms with Crippen molar-refractivity contribution in [3.05, 3.63) is 30.1 Å². The Morgan fingerprint density at radius 3 is 2.75 bits per heavy atom. The van der Waals surface area contributed by atoms with Gasteiger partial charge in [-0.15, -0.1) is 11.8 Å². The second-order valence-corrected chi connectivity index (χ2v) is 5.28. The monoisotopic (exact) mass is 239 g/mol. The molecule has 0 aromatic heterocycles. The third-order valence-electron chi connectivity index (χ3n) is 2.94. The van der Waals surface area contributed by atoms with Gasteiger partial charge < -0.3 is 0 Å². The van der Waals surface area contributed by atoms with Gasteiger partial charge in [-0.25, -0.2) is 4.39 Å². The SMILES string of the molecule is CCN(CCSc1ccccc1F)C1CC1. The average molecular weight is 239 g/mol. The standard InChI is InChI=1S/C13H18FNS/c1-2-15(11-7-8-11)9-10-16-13-6-4-3-5-12(13)14/h3-6,11H,2,7-10H2,1H3. The van der Waals surface area contributed by atoms with Gasteiger partial charge in [0.05, 0.1) is 0 Å². The third-order valence-corrected chi connectivity index (χ3v) is 3.97. The van der Waals surface area contributed by atoms with Gasteiger partial charge in [0.1, 0.15) is 5.82 Å². The van der Waals surface area contributed by atoms with E-state index in [-0.39, 0.29) is 5.82 Å². The summed E-state index contributed by atoms with van der Waals surface area (Å²) in [6.07, 6.45) is 2.69. The minimum absolute atomic E-state index is 0.0954. The van der Waals surface area contributed by atoms with Crippen LogP contribution in [0.4, 0.5) is 4.39 Å². The van der Waals surface area contributed by atoms with Crippen LogP contribution in [-0.2, 0) is 0 Å². The van der Waals surface area contributed by atoms with E-state index in [1.807, 2.05) is 12.1 Å². The van der Waals surface area contributed by atoms with Crippen LogP contribution < -0.4 is 0 Å². The first-order chi connectivity index (χ1) is 7.81. The summed E-state index contributed by atoms with van der Waals surface area (Å²) >= 11 is 1.62. The lowest BCUT2D eigenvalue weighted by Gasteiger charge is -2.19. The van der Waals surface area contributed by atoms with Crippen LogP contribution in [0.3, 0.4) is 0 Å². The van der Waals surface area contributed by atoms with E-state index in [4.69, 9.17) is 0 Å². The summed E-state index contributed by atoms with van der Waals surface area (Å²) in [5.41, 5.74) is 0. The third kappa shape index (κ3) is 3.22. The maximum absolute atomic E-state index is 13.3. The molecule has 0 heterocycles. The number of rotatable bonds is 6. The molecular formula is C13H18FNS. The fourth-order valence-electron chi connectivity index (χ4n) is 1.87. The lowest BCUT2D eigenvalue weighted by Crippen LogP contribution is -2.28. The summed E-state index contributed by atoms with van der Waals surface area (Å²) in [5, 5.41) is 0. The van der Waals surface area contributed by atoms with Crippen molar-refractivity contribution in [1.29, 1.82) is 0 Å². The van der Waals surface area contributed by atoms with Crippen molar-refractivity contribution in [2.45, 2.75) is 30.7 Å². The van der Waals surface area contributed by atoms with Crippen LogP contribution in [0.25, 0.3) is 0 Å². The van der Waals surface area contributed by atoms with Crippen molar-refractivity contribution >= 4 is 11.8 Å². The van der Waals surface area contributed by atoms with Crippen LogP contribution in [0, 0.1) is 5.82 Å². The van der Waals surface area contributed by atoms with Crippen LogP contribution in [0.2, 0.25) is 0 Å². The topological polar surface area (TPSA) is 3.24 Å². The van der Waals surface area contributed by atoms with Crippen molar-refractivity contribution < 1.29 is 4.39 Å². The van der Waals surface area contributed by atoms with E-state index in [1.54, 1.807) is 17.8 Å². The van der Waals surface area contributed by atoms with Gasteiger partial charge in [0.2, 0.25) is 0 Å². The largest absolute Gasteiger partial charge is 0.300 e. The van der Waals surface area contributed by atoms with Crippen LogP contribution in [0.1, 0.15) is 19.8 Å². The lowest BCUT2D eigenvalue weighted by atomic mass is 10.3. The quantitative estimate of drug-likeness (QED) is 0.700. The summed E-state index contributed by atoms with van der Waals surface area (Å²) < 4.78 is 13.3. The fraction of sp³-hybridized carbons (Fsp3) is 0.538. The highest BCUT2D eigenvalue weighted by Gasteiger charge is 2.27. The number of benzene rings is 1. The minimum atomic E-state index is -0.0954. The molecule has 0 amide bonds. The molecule has 1 aliphatic carbocycles. The molecule has 0 spiro atoms. The smallest absolute Gasteiger partial charge is 0.136 e. The summed E-state index contributed by atoms with van der Waals surface area (Å²) in [4.78, 5) is 3.27. The highest BCUT2D eigenvalue weighted by atomic mass is 32.2. The Kier molecular flexibility index (Phi) is 4.24. The maximum atomic E-state index is 13.3. The predicted octanol–water partition coefficient (Wildman–Crippen LogP) is 3.40.